The molecule has 0 radical (unpaired) electrons. The molecular formula is C37H33Cl4N3O5S2. The lowest BCUT2D eigenvalue weighted by Crippen LogP contribution is -2.21. The highest BCUT2D eigenvalue weighted by Gasteiger charge is 2.21. The number of aryl methyl sites for hydroxylation is 1. The molecule has 266 valence electrons. The molecule has 7 rings (SSSR count). The van der Waals surface area contributed by atoms with E-state index in [1.54, 1.807) is 18.2 Å². The lowest BCUT2D eigenvalue weighted by Gasteiger charge is -2.12. The summed E-state index contributed by atoms with van der Waals surface area (Å²) in [5.41, 5.74) is 6.71. The zero-order chi connectivity index (χ0) is 36.1. The second-order valence-electron chi connectivity index (χ2n) is 12.1. The number of hydrogen-bond donors (Lipinski definition) is 3. The first-order chi connectivity index (χ1) is 24.5. The predicted octanol–water partition coefficient (Wildman–Crippen LogP) is 9.31. The van der Waals surface area contributed by atoms with Gasteiger partial charge in [0.2, 0.25) is 5.91 Å². The molecule has 8 nitrogen and oxygen atoms in total. The first kappa shape index (κ1) is 37.8. The van der Waals surface area contributed by atoms with E-state index in [0.29, 0.717) is 50.2 Å². The summed E-state index contributed by atoms with van der Waals surface area (Å²) < 4.78 is 11.3. The summed E-state index contributed by atoms with van der Waals surface area (Å²) in [5.74, 6) is 2.39. The SMILES string of the molecule is Cc1ccc(OC[C@@H](O)CSC2=Nc3cc(Cl)c(Cl)cc3C2)cc1.O=C1Cc2cc(OC[C@@H](O)CSC3=Nc4cc(Cl)c(Cl)cc4C3)ccc2N1. The normalized spacial score (nSPS) is 15.1. The number of rotatable bonds is 10. The predicted molar refractivity (Wildman–Crippen MR) is 212 cm³/mol. The Morgan fingerprint density at radius 1 is 0.686 bits per heavy atom. The van der Waals surface area contributed by atoms with Crippen LogP contribution in [0.25, 0.3) is 0 Å². The van der Waals surface area contributed by atoms with Crippen molar-refractivity contribution in [1.82, 2.24) is 0 Å². The van der Waals surface area contributed by atoms with Crippen molar-refractivity contribution in [3.05, 3.63) is 109 Å². The van der Waals surface area contributed by atoms with E-state index in [-0.39, 0.29) is 19.1 Å². The first-order valence-corrected chi connectivity index (χ1v) is 19.4. The van der Waals surface area contributed by atoms with Gasteiger partial charge >= 0.3 is 0 Å². The Labute approximate surface area is 324 Å². The van der Waals surface area contributed by atoms with Gasteiger partial charge in [-0.25, -0.2) is 9.98 Å². The number of carbonyl (C=O) groups excluding carboxylic acids is 1. The number of carbonyl (C=O) groups is 1. The topological polar surface area (TPSA) is 113 Å². The Bertz CT molecular complexity index is 1990. The molecule has 0 fully saturated rings. The van der Waals surface area contributed by atoms with Crippen LogP contribution in [-0.2, 0) is 24.1 Å². The molecule has 0 saturated carbocycles. The van der Waals surface area contributed by atoms with Crippen LogP contribution in [0.15, 0.2) is 76.7 Å². The molecule has 3 aliphatic heterocycles. The maximum absolute atomic E-state index is 11.4. The second-order valence-corrected chi connectivity index (χ2v) is 15.9. The average molecular weight is 806 g/mol. The Balaban J connectivity index is 0.000000177. The van der Waals surface area contributed by atoms with Crippen molar-refractivity contribution in [2.24, 2.45) is 9.98 Å². The summed E-state index contributed by atoms with van der Waals surface area (Å²) >= 11 is 27.1. The minimum Gasteiger partial charge on any atom is -0.491 e. The molecule has 1 amide bonds. The Morgan fingerprint density at radius 2 is 1.18 bits per heavy atom. The van der Waals surface area contributed by atoms with Gasteiger partial charge in [0, 0.05) is 30.0 Å². The van der Waals surface area contributed by atoms with Crippen LogP contribution in [0.4, 0.5) is 17.1 Å². The van der Waals surface area contributed by atoms with E-state index in [1.165, 1.54) is 29.1 Å². The molecule has 2 atom stereocenters. The standard InChI is InChI=1S/C19H16Cl2N2O3S.C18H17Cl2NO2S/c20-14-4-11-6-19(23-17(11)7-15(14)21)27-9-12(24)8-26-13-1-2-16-10(3-13)5-18(25)22-16;1-11-2-4-14(5-3-11)23-9-13(22)10-24-18-7-12-6-15(19)16(20)8-17(12)21-18/h1-4,7,12,24H,5-6,8-9H2,(H,22,25);2-6,8,13,22H,7,9-10H2,1H3/t12-;13-/m11/s1. The number of nitrogens with one attached hydrogen (secondary N) is 1. The Morgan fingerprint density at radius 3 is 1.73 bits per heavy atom. The smallest absolute Gasteiger partial charge is 0.228 e. The van der Waals surface area contributed by atoms with Crippen LogP contribution in [0, 0.1) is 6.92 Å². The molecule has 4 aromatic rings. The summed E-state index contributed by atoms with van der Waals surface area (Å²) in [4.78, 5) is 20.5. The van der Waals surface area contributed by atoms with E-state index in [4.69, 9.17) is 55.9 Å². The van der Waals surface area contributed by atoms with Gasteiger partial charge in [0.15, 0.2) is 0 Å². The summed E-state index contributed by atoms with van der Waals surface area (Å²) in [6.45, 7) is 2.45. The first-order valence-electron chi connectivity index (χ1n) is 16.0. The number of nitrogens with zero attached hydrogens (tertiary/aromatic N) is 2. The molecule has 3 aliphatic rings. The van der Waals surface area contributed by atoms with Gasteiger partial charge in [-0.2, -0.15) is 0 Å². The Hall–Kier alpha value is -2.93. The molecule has 0 bridgehead atoms. The van der Waals surface area contributed by atoms with Crippen molar-refractivity contribution < 1.29 is 24.5 Å². The molecule has 0 aliphatic carbocycles. The van der Waals surface area contributed by atoms with E-state index < -0.39 is 12.2 Å². The molecule has 0 spiro atoms. The van der Waals surface area contributed by atoms with Crippen LogP contribution in [0.5, 0.6) is 11.5 Å². The number of hydrogen-bond acceptors (Lipinski definition) is 9. The molecule has 0 aromatic heterocycles. The maximum atomic E-state index is 11.4. The minimum absolute atomic E-state index is 0.0144. The Kier molecular flexibility index (Phi) is 12.8. The molecule has 3 N–H and O–H groups in total. The van der Waals surface area contributed by atoms with Gasteiger partial charge in [-0.1, -0.05) is 64.1 Å². The van der Waals surface area contributed by atoms with E-state index >= 15 is 0 Å². The van der Waals surface area contributed by atoms with E-state index in [0.717, 1.165) is 56.0 Å². The quantitative estimate of drug-likeness (QED) is 0.147. The van der Waals surface area contributed by atoms with Crippen LogP contribution in [-0.4, -0.2) is 63.1 Å². The van der Waals surface area contributed by atoms with Crippen molar-refractivity contribution in [3.8, 4) is 11.5 Å². The number of halogens is 4. The number of aliphatic hydroxyl groups excluding tert-OH is 2. The van der Waals surface area contributed by atoms with Gasteiger partial charge in [-0.3, -0.25) is 4.79 Å². The number of anilines is 1. The number of amides is 1. The molecular weight excluding hydrogens is 772 g/mol. The van der Waals surface area contributed by atoms with Gasteiger partial charge in [0.25, 0.3) is 0 Å². The van der Waals surface area contributed by atoms with Gasteiger partial charge in [-0.15, -0.1) is 23.5 Å². The zero-order valence-electron chi connectivity index (χ0n) is 27.3. The number of benzene rings is 4. The number of aliphatic hydroxyl groups is 2. The summed E-state index contributed by atoms with van der Waals surface area (Å²) in [7, 11) is 0. The monoisotopic (exact) mass is 803 g/mol. The molecule has 14 heteroatoms. The van der Waals surface area contributed by atoms with Gasteiger partial charge in [0.05, 0.1) is 60.2 Å². The van der Waals surface area contributed by atoms with Crippen LogP contribution in [0.1, 0.15) is 22.3 Å². The van der Waals surface area contributed by atoms with Crippen molar-refractivity contribution in [2.45, 2.75) is 38.4 Å². The van der Waals surface area contributed by atoms with E-state index in [2.05, 4.69) is 15.3 Å². The van der Waals surface area contributed by atoms with Gasteiger partial charge in [0.1, 0.15) is 24.7 Å². The van der Waals surface area contributed by atoms with Crippen LogP contribution in [0.2, 0.25) is 20.1 Å². The summed E-state index contributed by atoms with van der Waals surface area (Å²) in [6, 6.07) is 20.4. The highest BCUT2D eigenvalue weighted by Crippen LogP contribution is 2.38. The van der Waals surface area contributed by atoms with Crippen LogP contribution < -0.4 is 14.8 Å². The minimum atomic E-state index is -0.637. The second kappa shape index (κ2) is 17.3. The fourth-order valence-electron chi connectivity index (χ4n) is 5.28. The van der Waals surface area contributed by atoms with Crippen molar-refractivity contribution in [1.29, 1.82) is 0 Å². The van der Waals surface area contributed by atoms with Crippen molar-refractivity contribution >= 4 is 103 Å². The third-order valence-corrected chi connectivity index (χ3v) is 11.6. The molecule has 0 saturated heterocycles. The van der Waals surface area contributed by atoms with Crippen molar-refractivity contribution in [2.75, 3.05) is 30.0 Å². The van der Waals surface area contributed by atoms with Crippen LogP contribution >= 0.6 is 69.9 Å². The number of ether oxygens (including phenoxy) is 2. The molecule has 3 heterocycles. The highest BCUT2D eigenvalue weighted by molar-refractivity contribution is 8.14. The molecule has 4 aromatic carbocycles. The van der Waals surface area contributed by atoms with E-state index in [9.17, 15) is 15.0 Å². The summed E-state index contributed by atoms with van der Waals surface area (Å²) in [5, 5.41) is 27.0. The lowest BCUT2D eigenvalue weighted by atomic mass is 10.1. The zero-order valence-corrected chi connectivity index (χ0v) is 32.0. The van der Waals surface area contributed by atoms with E-state index in [1.807, 2.05) is 55.5 Å². The highest BCUT2D eigenvalue weighted by atomic mass is 35.5. The fraction of sp³-hybridized carbons (Fsp3) is 0.270. The largest absolute Gasteiger partial charge is 0.491 e. The molecule has 51 heavy (non-hydrogen) atoms. The number of aliphatic imine (C=N–C) groups is 2. The van der Waals surface area contributed by atoms with Gasteiger partial charge in [-0.05, 0) is 78.2 Å². The number of fused-ring (bicyclic) bond motifs is 3. The maximum Gasteiger partial charge on any atom is 0.228 e. The summed E-state index contributed by atoms with van der Waals surface area (Å²) in [6.07, 6.45) is 0.578. The number of thioether (sulfide) groups is 2. The molecule has 0 unspecified atom stereocenters. The van der Waals surface area contributed by atoms with Crippen molar-refractivity contribution in [3.63, 3.8) is 0 Å². The van der Waals surface area contributed by atoms with Gasteiger partial charge < -0.3 is 25.0 Å². The average Bonchev–Trinajstić information content (AvgIpc) is 3.80. The fourth-order valence-corrected chi connectivity index (χ4v) is 7.77. The lowest BCUT2D eigenvalue weighted by molar-refractivity contribution is -0.115. The third kappa shape index (κ3) is 10.4. The van der Waals surface area contributed by atoms with Crippen LogP contribution in [0.3, 0.4) is 0 Å². The third-order valence-electron chi connectivity index (χ3n) is 7.91.